The molecule has 3 rings (SSSR count). The van der Waals surface area contributed by atoms with E-state index in [1.807, 2.05) is 0 Å². The molecule has 1 unspecified atom stereocenters. The lowest BCUT2D eigenvalue weighted by molar-refractivity contribution is -0.117. The predicted molar refractivity (Wildman–Crippen MR) is 79.2 cm³/mol. The van der Waals surface area contributed by atoms with Crippen molar-refractivity contribution in [3.63, 3.8) is 0 Å². The molecular weight excluding hydrogens is 299 g/mol. The van der Waals surface area contributed by atoms with Crippen LogP contribution in [0.15, 0.2) is 18.2 Å². The Morgan fingerprint density at radius 3 is 2.70 bits per heavy atom. The van der Waals surface area contributed by atoms with E-state index in [0.717, 1.165) is 5.56 Å². The van der Waals surface area contributed by atoms with Gasteiger partial charge in [-0.05, 0) is 18.6 Å². The second-order valence-electron chi connectivity index (χ2n) is 4.72. The highest BCUT2D eigenvalue weighted by atomic mass is 35.5. The van der Waals surface area contributed by atoms with Crippen LogP contribution in [-0.2, 0) is 18.3 Å². The molecule has 0 fully saturated rings. The fourth-order valence-corrected chi connectivity index (χ4v) is 3.12. The average molecular weight is 311 g/mol. The first kappa shape index (κ1) is 13.3. The lowest BCUT2D eigenvalue weighted by Gasteiger charge is -2.23. The number of nitrogens with zero attached hydrogens (tertiary/aromatic N) is 2. The summed E-state index contributed by atoms with van der Waals surface area (Å²) < 4.78 is 1.54. The lowest BCUT2D eigenvalue weighted by Crippen LogP contribution is -2.28. The molecule has 0 saturated carbocycles. The predicted octanol–water partition coefficient (Wildman–Crippen LogP) is 2.59. The second-order valence-corrected chi connectivity index (χ2v) is 5.53. The minimum Gasteiger partial charge on any atom is -0.384 e. The minimum atomic E-state index is -0.463. The molecule has 1 aromatic carbocycles. The number of nitrogen functional groups attached to an aromatic ring is 1. The number of nitrogens with two attached hydrogens (primary N) is 1. The molecule has 2 heterocycles. The van der Waals surface area contributed by atoms with Gasteiger partial charge in [-0.25, -0.2) is 0 Å². The summed E-state index contributed by atoms with van der Waals surface area (Å²) in [6.07, 6.45) is 0.435. The highest BCUT2D eigenvalue weighted by molar-refractivity contribution is 6.36. The summed E-state index contributed by atoms with van der Waals surface area (Å²) in [5.41, 5.74) is 7.41. The summed E-state index contributed by atoms with van der Waals surface area (Å²) in [6.45, 7) is 0. The number of anilines is 2. The van der Waals surface area contributed by atoms with E-state index in [1.165, 1.54) is 0 Å². The minimum absolute atomic E-state index is 0.175. The van der Waals surface area contributed by atoms with E-state index < -0.39 is 5.92 Å². The van der Waals surface area contributed by atoms with Crippen LogP contribution in [0.2, 0.25) is 10.0 Å². The molecule has 3 N–H and O–H groups in total. The Hall–Kier alpha value is -1.72. The fourth-order valence-electron chi connectivity index (χ4n) is 2.46. The molecule has 0 spiro atoms. The standard InChI is InChI=1S/C13H12Cl2N4O/c1-19-11(16)7-5-6(13(20)17-12(7)18-19)10-8(14)3-2-4-9(10)15/h2-4,6H,5,16H2,1H3,(H,17,18,20). The Kier molecular flexibility index (Phi) is 3.11. The van der Waals surface area contributed by atoms with Gasteiger partial charge in [0.05, 0.1) is 5.92 Å². The number of rotatable bonds is 1. The first-order valence-corrected chi connectivity index (χ1v) is 6.80. The van der Waals surface area contributed by atoms with E-state index >= 15 is 0 Å². The van der Waals surface area contributed by atoms with Crippen LogP contribution in [0.4, 0.5) is 11.6 Å². The second kappa shape index (κ2) is 4.68. The summed E-state index contributed by atoms with van der Waals surface area (Å²) in [7, 11) is 1.73. The van der Waals surface area contributed by atoms with Gasteiger partial charge in [0.1, 0.15) is 5.82 Å². The van der Waals surface area contributed by atoms with Gasteiger partial charge >= 0.3 is 0 Å². The maximum atomic E-state index is 12.3. The van der Waals surface area contributed by atoms with Gasteiger partial charge in [-0.2, -0.15) is 5.10 Å². The maximum Gasteiger partial charge on any atom is 0.233 e. The number of hydrogen-bond donors (Lipinski definition) is 2. The Bertz CT molecular complexity index is 690. The van der Waals surface area contributed by atoms with Crippen LogP contribution in [0.3, 0.4) is 0 Å². The van der Waals surface area contributed by atoms with E-state index in [4.69, 9.17) is 28.9 Å². The number of nitrogens with one attached hydrogen (secondary N) is 1. The first-order chi connectivity index (χ1) is 9.49. The SMILES string of the molecule is Cn1nc2c(c1N)CC(c1c(Cl)cccc1Cl)C(=O)N2. The van der Waals surface area contributed by atoms with Gasteiger partial charge in [-0.1, -0.05) is 29.3 Å². The summed E-state index contributed by atoms with van der Waals surface area (Å²) in [5, 5.41) is 7.88. The van der Waals surface area contributed by atoms with Gasteiger partial charge in [-0.15, -0.1) is 0 Å². The highest BCUT2D eigenvalue weighted by Gasteiger charge is 2.33. The molecule has 1 aliphatic rings. The number of benzene rings is 1. The normalized spacial score (nSPS) is 17.8. The number of amides is 1. The van der Waals surface area contributed by atoms with Gasteiger partial charge in [-0.3, -0.25) is 9.48 Å². The van der Waals surface area contributed by atoms with E-state index in [-0.39, 0.29) is 5.91 Å². The summed E-state index contributed by atoms with van der Waals surface area (Å²) in [4.78, 5) is 12.3. The van der Waals surface area contributed by atoms with E-state index in [0.29, 0.717) is 33.7 Å². The molecule has 0 saturated heterocycles. The van der Waals surface area contributed by atoms with Crippen molar-refractivity contribution in [2.45, 2.75) is 12.3 Å². The van der Waals surface area contributed by atoms with Crippen molar-refractivity contribution in [1.29, 1.82) is 0 Å². The van der Waals surface area contributed by atoms with Gasteiger partial charge in [0.15, 0.2) is 5.82 Å². The average Bonchev–Trinajstić information content (AvgIpc) is 2.65. The van der Waals surface area contributed by atoms with Crippen LogP contribution in [-0.4, -0.2) is 15.7 Å². The summed E-state index contributed by atoms with van der Waals surface area (Å²) in [5.74, 6) is 0.406. The topological polar surface area (TPSA) is 72.9 Å². The van der Waals surface area contributed by atoms with Gasteiger partial charge in [0.2, 0.25) is 5.91 Å². The Morgan fingerprint density at radius 1 is 1.40 bits per heavy atom. The smallest absolute Gasteiger partial charge is 0.233 e. The number of aromatic nitrogens is 2. The van der Waals surface area contributed by atoms with Crippen LogP contribution >= 0.6 is 23.2 Å². The summed E-state index contributed by atoms with van der Waals surface area (Å²) in [6, 6.07) is 5.19. The number of hydrogen-bond acceptors (Lipinski definition) is 3. The highest BCUT2D eigenvalue weighted by Crippen LogP contribution is 2.39. The lowest BCUT2D eigenvalue weighted by atomic mass is 9.89. The number of halogens is 2. The van der Waals surface area contributed by atoms with Crippen molar-refractivity contribution in [1.82, 2.24) is 9.78 Å². The molecule has 0 aliphatic carbocycles. The van der Waals surface area contributed by atoms with E-state index in [9.17, 15) is 4.79 Å². The van der Waals surface area contributed by atoms with Crippen molar-refractivity contribution >= 4 is 40.7 Å². The molecule has 1 aromatic heterocycles. The Morgan fingerprint density at radius 2 is 2.05 bits per heavy atom. The van der Waals surface area contributed by atoms with Gasteiger partial charge in [0.25, 0.3) is 0 Å². The molecule has 104 valence electrons. The molecule has 7 heteroatoms. The third-order valence-electron chi connectivity index (χ3n) is 3.51. The van der Waals surface area contributed by atoms with Crippen molar-refractivity contribution in [3.8, 4) is 0 Å². The zero-order valence-electron chi connectivity index (χ0n) is 10.7. The number of fused-ring (bicyclic) bond motifs is 1. The molecule has 5 nitrogen and oxygen atoms in total. The molecule has 0 radical (unpaired) electrons. The first-order valence-electron chi connectivity index (χ1n) is 6.05. The fraction of sp³-hybridized carbons (Fsp3) is 0.231. The van der Waals surface area contributed by atoms with Crippen molar-refractivity contribution < 1.29 is 4.79 Å². The van der Waals surface area contributed by atoms with Crippen molar-refractivity contribution in [2.24, 2.45) is 7.05 Å². The monoisotopic (exact) mass is 310 g/mol. The van der Waals surface area contributed by atoms with Crippen LogP contribution in [0, 0.1) is 0 Å². The van der Waals surface area contributed by atoms with E-state index in [2.05, 4.69) is 10.4 Å². The van der Waals surface area contributed by atoms with Crippen LogP contribution < -0.4 is 11.1 Å². The largest absolute Gasteiger partial charge is 0.384 e. The molecule has 2 aromatic rings. The van der Waals surface area contributed by atoms with Gasteiger partial charge in [0, 0.05) is 28.2 Å². The van der Waals surface area contributed by atoms with Crippen molar-refractivity contribution in [3.05, 3.63) is 39.4 Å². The molecule has 1 aliphatic heterocycles. The molecule has 1 amide bonds. The zero-order chi connectivity index (χ0) is 14.4. The third kappa shape index (κ3) is 1.94. The third-order valence-corrected chi connectivity index (χ3v) is 4.17. The van der Waals surface area contributed by atoms with Crippen LogP contribution in [0.5, 0.6) is 0 Å². The number of aryl methyl sites for hydroxylation is 1. The molecule has 0 bridgehead atoms. The number of carbonyl (C=O) groups is 1. The number of carbonyl (C=O) groups excluding carboxylic acids is 1. The molecule has 20 heavy (non-hydrogen) atoms. The van der Waals surface area contributed by atoms with Crippen molar-refractivity contribution in [2.75, 3.05) is 11.1 Å². The van der Waals surface area contributed by atoms with E-state index in [1.54, 1.807) is 29.9 Å². The Labute approximate surface area is 125 Å². The van der Waals surface area contributed by atoms with Crippen LogP contribution in [0.25, 0.3) is 0 Å². The quantitative estimate of drug-likeness (QED) is 0.850. The molecular formula is C13H12Cl2N4O. The van der Waals surface area contributed by atoms with Gasteiger partial charge < -0.3 is 11.1 Å². The summed E-state index contributed by atoms with van der Waals surface area (Å²) >= 11 is 12.4. The molecule has 1 atom stereocenters. The zero-order valence-corrected chi connectivity index (χ0v) is 12.2. The maximum absolute atomic E-state index is 12.3. The van der Waals surface area contributed by atoms with Crippen LogP contribution in [0.1, 0.15) is 17.0 Å². The Balaban J connectivity index is 2.09.